The van der Waals surface area contributed by atoms with Gasteiger partial charge in [-0.05, 0) is 55.0 Å². The summed E-state index contributed by atoms with van der Waals surface area (Å²) in [6, 6.07) is 13.5. The summed E-state index contributed by atoms with van der Waals surface area (Å²) in [5.74, 6) is -2.35. The van der Waals surface area contributed by atoms with E-state index in [-0.39, 0.29) is 39.3 Å². The van der Waals surface area contributed by atoms with Crippen LogP contribution in [0.25, 0.3) is 6.08 Å². The summed E-state index contributed by atoms with van der Waals surface area (Å²) in [4.78, 5) is 61.1. The normalized spacial score (nSPS) is 14.3. The first-order chi connectivity index (χ1) is 18.5. The zero-order valence-corrected chi connectivity index (χ0v) is 21.6. The van der Waals surface area contributed by atoms with Gasteiger partial charge in [-0.15, -0.1) is 0 Å². The fraction of sp³-hybridized carbons (Fsp3) is 0.0769. The number of hydrogen-bond acceptors (Lipinski definition) is 7. The lowest BCUT2D eigenvalue weighted by Gasteiger charge is -2.26. The van der Waals surface area contributed by atoms with E-state index in [1.54, 1.807) is 12.1 Å². The summed E-state index contributed by atoms with van der Waals surface area (Å²) < 4.78 is 5.48. The lowest BCUT2D eigenvalue weighted by atomic mass is 10.1. The van der Waals surface area contributed by atoms with E-state index in [9.17, 15) is 29.3 Å². The molecule has 5 amide bonds. The summed E-state index contributed by atoms with van der Waals surface area (Å²) >= 11 is 12.6. The molecular formula is C26H18Cl2N4O7. The van der Waals surface area contributed by atoms with Crippen molar-refractivity contribution in [2.24, 2.45) is 0 Å². The van der Waals surface area contributed by atoms with Gasteiger partial charge in [0.2, 0.25) is 0 Å². The van der Waals surface area contributed by atoms with Gasteiger partial charge in [0.25, 0.3) is 23.4 Å². The van der Waals surface area contributed by atoms with Crippen molar-refractivity contribution < 1.29 is 28.8 Å². The van der Waals surface area contributed by atoms with Crippen molar-refractivity contribution in [3.05, 3.63) is 97.5 Å². The van der Waals surface area contributed by atoms with Gasteiger partial charge in [-0.1, -0.05) is 40.9 Å². The number of urea groups is 1. The van der Waals surface area contributed by atoms with Gasteiger partial charge in [0, 0.05) is 17.8 Å². The highest BCUT2D eigenvalue weighted by atomic mass is 35.5. The van der Waals surface area contributed by atoms with Crippen molar-refractivity contribution in [3.63, 3.8) is 0 Å². The van der Waals surface area contributed by atoms with Crippen LogP contribution in [-0.2, 0) is 14.4 Å². The molecule has 1 saturated heterocycles. The average Bonchev–Trinajstić information content (AvgIpc) is 2.87. The molecule has 1 aliphatic heterocycles. The number of anilines is 2. The number of nitro groups is 1. The highest BCUT2D eigenvalue weighted by Crippen LogP contribution is 2.35. The number of rotatable bonds is 7. The minimum atomic E-state index is -1.01. The summed E-state index contributed by atoms with van der Waals surface area (Å²) in [6.07, 6.45) is 1.17. The maximum Gasteiger partial charge on any atom is 0.335 e. The molecule has 0 saturated carbocycles. The molecule has 1 fully saturated rings. The van der Waals surface area contributed by atoms with E-state index in [1.807, 2.05) is 19.1 Å². The molecule has 0 aliphatic carbocycles. The molecule has 3 aromatic rings. The third-order valence-electron chi connectivity index (χ3n) is 5.43. The lowest BCUT2D eigenvalue weighted by Crippen LogP contribution is -2.54. The Morgan fingerprint density at radius 1 is 1.05 bits per heavy atom. The number of nitrogens with zero attached hydrogens (tertiary/aromatic N) is 2. The molecular weight excluding hydrogens is 551 g/mol. The average molecular weight is 569 g/mol. The molecule has 1 aliphatic rings. The first-order valence-electron chi connectivity index (χ1n) is 11.2. The zero-order valence-electron chi connectivity index (χ0n) is 20.1. The smallest absolute Gasteiger partial charge is 0.335 e. The number of halogens is 2. The van der Waals surface area contributed by atoms with Gasteiger partial charge in [-0.3, -0.25) is 29.8 Å². The second-order valence-corrected chi connectivity index (χ2v) is 9.06. The van der Waals surface area contributed by atoms with Gasteiger partial charge in [0.1, 0.15) is 5.57 Å². The van der Waals surface area contributed by atoms with Gasteiger partial charge < -0.3 is 10.1 Å². The van der Waals surface area contributed by atoms with Gasteiger partial charge in [-0.2, -0.15) is 0 Å². The molecule has 39 heavy (non-hydrogen) atoms. The highest BCUT2D eigenvalue weighted by molar-refractivity contribution is 6.40. The second kappa shape index (κ2) is 11.3. The molecule has 3 aromatic carbocycles. The third kappa shape index (κ3) is 6.22. The fourth-order valence-corrected chi connectivity index (χ4v) is 4.17. The van der Waals surface area contributed by atoms with E-state index in [0.717, 1.165) is 17.7 Å². The number of carbonyl (C=O) groups is 4. The van der Waals surface area contributed by atoms with E-state index >= 15 is 0 Å². The van der Waals surface area contributed by atoms with Crippen molar-refractivity contribution in [1.29, 1.82) is 0 Å². The Bertz CT molecular complexity index is 1510. The zero-order chi connectivity index (χ0) is 28.3. The predicted octanol–water partition coefficient (Wildman–Crippen LogP) is 4.89. The SMILES string of the molecule is Cc1ccc(NC(=O)COc2c(Cl)cc(/C=C3\C(=O)NC(=O)N(c4ccc([N+](=O)[O-])cc4)C3=O)cc2Cl)cc1. The molecule has 11 nitrogen and oxygen atoms in total. The molecule has 0 unspecified atom stereocenters. The monoisotopic (exact) mass is 568 g/mol. The number of aryl methyl sites for hydroxylation is 1. The number of nitro benzene ring substituents is 1. The number of benzene rings is 3. The number of amides is 5. The standard InChI is InChI=1S/C26H18Cl2N4O7/c1-14-2-4-16(5-3-14)29-22(33)13-39-23-20(27)11-15(12-21(23)28)10-19-24(34)30-26(36)31(25(19)35)17-6-8-18(9-7-17)32(37)38/h2-12H,13H2,1H3,(H,29,33)(H,30,34,36)/b19-10+. The van der Waals surface area contributed by atoms with E-state index in [0.29, 0.717) is 10.6 Å². The molecule has 4 rings (SSSR count). The maximum absolute atomic E-state index is 13.1. The van der Waals surface area contributed by atoms with Crippen LogP contribution in [0.2, 0.25) is 10.0 Å². The summed E-state index contributed by atoms with van der Waals surface area (Å²) in [5, 5.41) is 15.6. The molecule has 0 aromatic heterocycles. The number of hydrogen-bond donors (Lipinski definition) is 2. The Morgan fingerprint density at radius 3 is 2.26 bits per heavy atom. The molecule has 198 valence electrons. The van der Waals surface area contributed by atoms with Crippen molar-refractivity contribution in [1.82, 2.24) is 5.32 Å². The molecule has 0 bridgehead atoms. The van der Waals surface area contributed by atoms with Crippen LogP contribution < -0.4 is 20.3 Å². The number of nitrogens with one attached hydrogen (secondary N) is 2. The van der Waals surface area contributed by atoms with Crippen LogP contribution in [0.15, 0.2) is 66.2 Å². The maximum atomic E-state index is 13.1. The third-order valence-corrected chi connectivity index (χ3v) is 6.00. The number of non-ortho nitro benzene ring substituents is 1. The van der Waals surface area contributed by atoms with Crippen LogP contribution in [0.3, 0.4) is 0 Å². The summed E-state index contributed by atoms with van der Waals surface area (Å²) in [5.41, 5.74) is 1.23. The van der Waals surface area contributed by atoms with Gasteiger partial charge in [0.15, 0.2) is 12.4 Å². The highest BCUT2D eigenvalue weighted by Gasteiger charge is 2.37. The quantitative estimate of drug-likeness (QED) is 0.178. The molecule has 1 heterocycles. The Labute approximate surface area is 231 Å². The number of imide groups is 2. The van der Waals surface area contributed by atoms with Crippen LogP contribution in [0, 0.1) is 17.0 Å². The second-order valence-electron chi connectivity index (χ2n) is 8.25. The molecule has 0 spiro atoms. The predicted molar refractivity (Wildman–Crippen MR) is 144 cm³/mol. The summed E-state index contributed by atoms with van der Waals surface area (Å²) in [6.45, 7) is 1.53. The first-order valence-corrected chi connectivity index (χ1v) is 11.9. The first kappa shape index (κ1) is 27.3. The molecule has 13 heteroatoms. The minimum Gasteiger partial charge on any atom is -0.481 e. The van der Waals surface area contributed by atoms with Crippen molar-refractivity contribution >= 4 is 70.1 Å². The van der Waals surface area contributed by atoms with E-state index in [1.165, 1.54) is 30.3 Å². The van der Waals surface area contributed by atoms with E-state index < -0.39 is 34.2 Å². The Morgan fingerprint density at radius 2 is 1.67 bits per heavy atom. The van der Waals surface area contributed by atoms with Crippen LogP contribution in [0.1, 0.15) is 11.1 Å². The number of ether oxygens (including phenoxy) is 1. The van der Waals surface area contributed by atoms with Crippen LogP contribution in [-0.4, -0.2) is 35.3 Å². The van der Waals surface area contributed by atoms with Gasteiger partial charge in [0.05, 0.1) is 20.7 Å². The van der Waals surface area contributed by atoms with Crippen molar-refractivity contribution in [2.75, 3.05) is 16.8 Å². The van der Waals surface area contributed by atoms with Crippen LogP contribution in [0.5, 0.6) is 5.75 Å². The molecule has 2 N–H and O–H groups in total. The Kier molecular flexibility index (Phi) is 7.93. The van der Waals surface area contributed by atoms with Gasteiger partial charge >= 0.3 is 6.03 Å². The molecule has 0 radical (unpaired) electrons. The Balaban J connectivity index is 1.52. The van der Waals surface area contributed by atoms with E-state index in [4.69, 9.17) is 27.9 Å². The summed E-state index contributed by atoms with van der Waals surface area (Å²) in [7, 11) is 0. The topological polar surface area (TPSA) is 148 Å². The number of barbiturate groups is 1. The lowest BCUT2D eigenvalue weighted by molar-refractivity contribution is -0.384. The van der Waals surface area contributed by atoms with Gasteiger partial charge in [-0.25, -0.2) is 9.69 Å². The molecule has 0 atom stereocenters. The van der Waals surface area contributed by atoms with Crippen molar-refractivity contribution in [3.8, 4) is 5.75 Å². The largest absolute Gasteiger partial charge is 0.481 e. The van der Waals surface area contributed by atoms with E-state index in [2.05, 4.69) is 10.6 Å². The Hall–Kier alpha value is -4.74. The number of carbonyl (C=O) groups excluding carboxylic acids is 4. The van der Waals surface area contributed by atoms with Crippen LogP contribution >= 0.6 is 23.2 Å². The van der Waals surface area contributed by atoms with Crippen LogP contribution in [0.4, 0.5) is 21.9 Å². The fourth-order valence-electron chi connectivity index (χ4n) is 3.55. The minimum absolute atomic E-state index is 0.00412. The van der Waals surface area contributed by atoms with Crippen molar-refractivity contribution in [2.45, 2.75) is 6.92 Å².